The first-order chi connectivity index (χ1) is 19.4. The number of nitrogens with one attached hydrogen (secondary N) is 2. The van der Waals surface area contributed by atoms with E-state index >= 15 is 0 Å². The fourth-order valence-corrected chi connectivity index (χ4v) is 6.36. The Morgan fingerprint density at radius 2 is 1.68 bits per heavy atom. The maximum Gasteiger partial charge on any atom is 0.248 e. The van der Waals surface area contributed by atoms with Crippen molar-refractivity contribution >= 4 is 45.0 Å². The SMILES string of the molecule is NC(=O)c1ccc(N2CCC(OCC3CCN(c4cccc(Br)c4CNC4CCC(=O)NC4=O)CC3)CC2)cc1. The molecule has 1 unspecified atom stereocenters. The summed E-state index contributed by atoms with van der Waals surface area (Å²) in [6.45, 7) is 5.18. The number of hydrogen-bond acceptors (Lipinski definition) is 7. The molecule has 214 valence electrons. The Morgan fingerprint density at radius 1 is 0.975 bits per heavy atom. The molecule has 2 aromatic rings. The first kappa shape index (κ1) is 28.6. The van der Waals surface area contributed by atoms with E-state index in [9.17, 15) is 14.4 Å². The van der Waals surface area contributed by atoms with E-state index in [1.54, 1.807) is 12.1 Å². The predicted octanol–water partition coefficient (Wildman–Crippen LogP) is 3.34. The molecule has 3 fully saturated rings. The number of imide groups is 1. The minimum atomic E-state index is -0.400. The third-order valence-electron chi connectivity index (χ3n) is 8.34. The van der Waals surface area contributed by atoms with Gasteiger partial charge in [0.2, 0.25) is 17.7 Å². The molecule has 2 aromatic carbocycles. The van der Waals surface area contributed by atoms with Gasteiger partial charge in [-0.2, -0.15) is 0 Å². The van der Waals surface area contributed by atoms with E-state index in [4.69, 9.17) is 10.5 Å². The molecule has 3 saturated heterocycles. The summed E-state index contributed by atoms with van der Waals surface area (Å²) in [7, 11) is 0. The van der Waals surface area contributed by atoms with Gasteiger partial charge in [0.1, 0.15) is 0 Å². The lowest BCUT2D eigenvalue weighted by Crippen LogP contribution is -2.50. The van der Waals surface area contributed by atoms with Crippen molar-refractivity contribution in [2.75, 3.05) is 42.6 Å². The molecule has 1 atom stereocenters. The van der Waals surface area contributed by atoms with Crippen molar-refractivity contribution in [1.82, 2.24) is 10.6 Å². The zero-order valence-corrected chi connectivity index (χ0v) is 24.3. The Hall–Kier alpha value is -2.95. The number of nitrogens with two attached hydrogens (primary N) is 1. The van der Waals surface area contributed by atoms with Crippen molar-refractivity contribution in [3.05, 3.63) is 58.1 Å². The normalized spacial score (nSPS) is 21.0. The van der Waals surface area contributed by atoms with E-state index in [0.717, 1.165) is 74.2 Å². The van der Waals surface area contributed by atoms with Crippen molar-refractivity contribution in [3.63, 3.8) is 0 Å². The van der Waals surface area contributed by atoms with E-state index in [-0.39, 0.29) is 24.0 Å². The molecule has 40 heavy (non-hydrogen) atoms. The molecule has 10 heteroatoms. The molecule has 5 rings (SSSR count). The van der Waals surface area contributed by atoms with Crippen molar-refractivity contribution in [2.45, 2.75) is 57.2 Å². The number of nitrogens with zero attached hydrogens (tertiary/aromatic N) is 2. The highest BCUT2D eigenvalue weighted by Gasteiger charge is 2.28. The highest BCUT2D eigenvalue weighted by molar-refractivity contribution is 9.10. The van der Waals surface area contributed by atoms with Crippen molar-refractivity contribution in [2.24, 2.45) is 11.7 Å². The molecule has 3 aliphatic rings. The number of anilines is 2. The monoisotopic (exact) mass is 611 g/mol. The summed E-state index contributed by atoms with van der Waals surface area (Å²) < 4.78 is 7.40. The molecule has 0 aliphatic carbocycles. The van der Waals surface area contributed by atoms with Crippen LogP contribution in [0.15, 0.2) is 46.9 Å². The second-order valence-electron chi connectivity index (χ2n) is 11.0. The minimum absolute atomic E-state index is 0.199. The molecule has 0 saturated carbocycles. The molecule has 0 spiro atoms. The van der Waals surface area contributed by atoms with Crippen LogP contribution < -0.4 is 26.2 Å². The van der Waals surface area contributed by atoms with Gasteiger partial charge in [-0.3, -0.25) is 19.7 Å². The number of rotatable bonds is 9. The average molecular weight is 613 g/mol. The number of benzene rings is 2. The first-order valence-electron chi connectivity index (χ1n) is 14.2. The summed E-state index contributed by atoms with van der Waals surface area (Å²) in [6, 6.07) is 13.4. The molecule has 3 amide bonds. The number of carbonyl (C=O) groups is 3. The Balaban J connectivity index is 1.06. The summed E-state index contributed by atoms with van der Waals surface area (Å²) in [5, 5.41) is 5.77. The van der Waals surface area contributed by atoms with E-state index in [0.29, 0.717) is 30.9 Å². The van der Waals surface area contributed by atoms with Gasteiger partial charge < -0.3 is 25.6 Å². The van der Waals surface area contributed by atoms with Gasteiger partial charge in [0.15, 0.2) is 0 Å². The Labute approximate surface area is 243 Å². The van der Waals surface area contributed by atoms with Crippen LogP contribution >= 0.6 is 15.9 Å². The van der Waals surface area contributed by atoms with E-state index in [1.807, 2.05) is 18.2 Å². The molecule has 9 nitrogen and oxygen atoms in total. The maximum absolute atomic E-state index is 12.2. The van der Waals surface area contributed by atoms with Crippen LogP contribution in [0.1, 0.15) is 54.4 Å². The predicted molar refractivity (Wildman–Crippen MR) is 158 cm³/mol. The fraction of sp³-hybridized carbons (Fsp3) is 0.500. The molecule has 0 radical (unpaired) electrons. The van der Waals surface area contributed by atoms with E-state index < -0.39 is 5.91 Å². The van der Waals surface area contributed by atoms with Gasteiger partial charge in [-0.05, 0) is 74.4 Å². The standard InChI is InChI=1S/C30H38BrN5O4/c31-25-2-1-3-27(24(25)18-33-26-8-9-28(37)34-30(26)39)36-14-10-20(11-15-36)19-40-23-12-16-35(17-13-23)22-6-4-21(5-7-22)29(32)38/h1-7,20,23,26,33H,8-19H2,(H2,32,38)(H,34,37,39). The van der Waals surface area contributed by atoms with E-state index in [2.05, 4.69) is 48.5 Å². The summed E-state index contributed by atoms with van der Waals surface area (Å²) in [5.41, 5.74) is 9.33. The molecule has 3 heterocycles. The fourth-order valence-electron chi connectivity index (χ4n) is 5.86. The van der Waals surface area contributed by atoms with Crippen LogP contribution in [0.4, 0.5) is 11.4 Å². The Kier molecular flexibility index (Phi) is 9.39. The Bertz CT molecular complexity index is 1210. The van der Waals surface area contributed by atoms with Crippen LogP contribution in [0, 0.1) is 5.92 Å². The number of carbonyl (C=O) groups excluding carboxylic acids is 3. The van der Waals surface area contributed by atoms with E-state index in [1.165, 1.54) is 5.69 Å². The van der Waals surface area contributed by atoms with Gasteiger partial charge in [0.25, 0.3) is 0 Å². The van der Waals surface area contributed by atoms with Gasteiger partial charge in [-0.15, -0.1) is 0 Å². The number of halogens is 1. The van der Waals surface area contributed by atoms with Gasteiger partial charge in [-0.25, -0.2) is 0 Å². The number of ether oxygens (including phenoxy) is 1. The van der Waals surface area contributed by atoms with Crippen molar-refractivity contribution in [3.8, 4) is 0 Å². The zero-order valence-electron chi connectivity index (χ0n) is 22.7. The third-order valence-corrected chi connectivity index (χ3v) is 9.08. The van der Waals surface area contributed by atoms with Gasteiger partial charge in [0, 0.05) is 72.7 Å². The summed E-state index contributed by atoms with van der Waals surface area (Å²) in [6.07, 6.45) is 5.34. The smallest absolute Gasteiger partial charge is 0.248 e. The third kappa shape index (κ3) is 7.03. The second-order valence-corrected chi connectivity index (χ2v) is 11.8. The van der Waals surface area contributed by atoms with Crippen LogP contribution in [0.5, 0.6) is 0 Å². The van der Waals surface area contributed by atoms with Crippen molar-refractivity contribution in [1.29, 1.82) is 0 Å². The van der Waals surface area contributed by atoms with Gasteiger partial charge in [0.05, 0.1) is 12.1 Å². The first-order valence-corrected chi connectivity index (χ1v) is 15.0. The van der Waals surface area contributed by atoms with Crippen LogP contribution in [0.3, 0.4) is 0 Å². The quantitative estimate of drug-likeness (QED) is 0.372. The molecular weight excluding hydrogens is 574 g/mol. The molecule has 3 aliphatic heterocycles. The van der Waals surface area contributed by atoms with Crippen LogP contribution in [0.25, 0.3) is 0 Å². The van der Waals surface area contributed by atoms with Gasteiger partial charge >= 0.3 is 0 Å². The minimum Gasteiger partial charge on any atom is -0.378 e. The summed E-state index contributed by atoms with van der Waals surface area (Å²) >= 11 is 3.71. The Morgan fingerprint density at radius 3 is 2.35 bits per heavy atom. The molecule has 4 N–H and O–H groups in total. The maximum atomic E-state index is 12.2. The van der Waals surface area contributed by atoms with Crippen LogP contribution in [0.2, 0.25) is 0 Å². The number of piperidine rings is 3. The topological polar surface area (TPSA) is 117 Å². The lowest BCUT2D eigenvalue weighted by atomic mass is 9.96. The highest BCUT2D eigenvalue weighted by atomic mass is 79.9. The summed E-state index contributed by atoms with van der Waals surface area (Å²) in [4.78, 5) is 39.7. The molecule has 0 aromatic heterocycles. The van der Waals surface area contributed by atoms with Gasteiger partial charge in [-0.1, -0.05) is 22.0 Å². The number of amides is 3. The molecular formula is C30H38BrN5O4. The number of hydrogen-bond donors (Lipinski definition) is 3. The van der Waals surface area contributed by atoms with Crippen LogP contribution in [-0.2, 0) is 20.9 Å². The van der Waals surface area contributed by atoms with Crippen molar-refractivity contribution < 1.29 is 19.1 Å². The highest BCUT2D eigenvalue weighted by Crippen LogP contribution is 2.32. The lowest BCUT2D eigenvalue weighted by molar-refractivity contribution is -0.134. The molecule has 0 bridgehead atoms. The lowest BCUT2D eigenvalue weighted by Gasteiger charge is -2.37. The zero-order chi connectivity index (χ0) is 28.1. The summed E-state index contributed by atoms with van der Waals surface area (Å²) in [5.74, 6) is -0.290. The number of primary amides is 1. The second kappa shape index (κ2) is 13.1. The van der Waals surface area contributed by atoms with Crippen LogP contribution in [-0.4, -0.2) is 62.7 Å². The average Bonchev–Trinajstić information content (AvgIpc) is 2.97. The largest absolute Gasteiger partial charge is 0.378 e.